The number of rotatable bonds is 6. The minimum Gasteiger partial charge on any atom is -0.338 e. The zero-order chi connectivity index (χ0) is 13.7. The van der Waals surface area contributed by atoms with Crippen LogP contribution in [-0.2, 0) is 26.1 Å². The molecule has 0 aliphatic carbocycles. The Hall–Kier alpha value is -1.72. The zero-order valence-corrected chi connectivity index (χ0v) is 11.5. The second kappa shape index (κ2) is 6.45. The van der Waals surface area contributed by atoms with Crippen LogP contribution >= 0.6 is 0 Å². The molecule has 19 heavy (non-hydrogen) atoms. The molecule has 0 atom stereocenters. The van der Waals surface area contributed by atoms with Crippen molar-refractivity contribution in [3.63, 3.8) is 0 Å². The normalized spacial score (nSPS) is 11.2. The first-order valence-electron chi connectivity index (χ1n) is 6.49. The van der Waals surface area contributed by atoms with Crippen LogP contribution in [0.3, 0.4) is 0 Å². The molecular formula is C14H20N4O. The molecule has 1 aromatic heterocycles. The van der Waals surface area contributed by atoms with E-state index in [-0.39, 0.29) is 6.54 Å². The summed E-state index contributed by atoms with van der Waals surface area (Å²) in [5, 5.41) is 3.89. The van der Waals surface area contributed by atoms with Gasteiger partial charge in [-0.2, -0.15) is 4.98 Å². The molecule has 0 bridgehead atoms. The summed E-state index contributed by atoms with van der Waals surface area (Å²) in [4.78, 5) is 6.34. The number of nitrogens with zero attached hydrogens (tertiary/aromatic N) is 3. The van der Waals surface area contributed by atoms with Crippen molar-refractivity contribution in [2.45, 2.75) is 33.0 Å². The first kappa shape index (κ1) is 13.7. The van der Waals surface area contributed by atoms with Gasteiger partial charge in [-0.05, 0) is 24.6 Å². The maximum absolute atomic E-state index is 5.43. The number of aryl methyl sites for hydroxylation is 1. The van der Waals surface area contributed by atoms with Crippen LogP contribution in [0.1, 0.15) is 29.8 Å². The Kier molecular flexibility index (Phi) is 4.65. The summed E-state index contributed by atoms with van der Waals surface area (Å²) < 4.78 is 4.98. The van der Waals surface area contributed by atoms with E-state index in [1.165, 1.54) is 11.1 Å². The Bertz CT molecular complexity index is 506. The Morgan fingerprint density at radius 2 is 1.84 bits per heavy atom. The fourth-order valence-corrected chi connectivity index (χ4v) is 1.93. The molecule has 0 aliphatic rings. The third-order valence-corrected chi connectivity index (χ3v) is 2.98. The molecule has 5 nitrogen and oxygen atoms in total. The SMILES string of the molecule is CCc1ccc(CN(C)Cc2noc(CN)n2)cc1. The Labute approximate surface area is 113 Å². The summed E-state index contributed by atoms with van der Waals surface area (Å²) >= 11 is 0. The van der Waals surface area contributed by atoms with Crippen molar-refractivity contribution in [3.05, 3.63) is 47.1 Å². The van der Waals surface area contributed by atoms with Gasteiger partial charge in [-0.25, -0.2) is 0 Å². The van der Waals surface area contributed by atoms with Crippen molar-refractivity contribution >= 4 is 0 Å². The van der Waals surface area contributed by atoms with Crippen molar-refractivity contribution in [1.82, 2.24) is 15.0 Å². The van der Waals surface area contributed by atoms with Crippen molar-refractivity contribution in [3.8, 4) is 0 Å². The molecule has 5 heteroatoms. The minimum atomic E-state index is 0.287. The quantitative estimate of drug-likeness (QED) is 0.856. The number of aromatic nitrogens is 2. The van der Waals surface area contributed by atoms with Gasteiger partial charge in [-0.15, -0.1) is 0 Å². The molecule has 2 N–H and O–H groups in total. The van der Waals surface area contributed by atoms with Crippen LogP contribution in [0.25, 0.3) is 0 Å². The van der Waals surface area contributed by atoms with Gasteiger partial charge >= 0.3 is 0 Å². The maximum Gasteiger partial charge on any atom is 0.240 e. The maximum atomic E-state index is 5.43. The fraction of sp³-hybridized carbons (Fsp3) is 0.429. The molecule has 0 saturated heterocycles. The molecule has 2 rings (SSSR count). The predicted molar refractivity (Wildman–Crippen MR) is 73.2 cm³/mol. The summed E-state index contributed by atoms with van der Waals surface area (Å²) in [5.74, 6) is 1.16. The average molecular weight is 260 g/mol. The third-order valence-electron chi connectivity index (χ3n) is 2.98. The second-order valence-corrected chi connectivity index (χ2v) is 4.65. The van der Waals surface area contributed by atoms with E-state index >= 15 is 0 Å². The van der Waals surface area contributed by atoms with E-state index in [0.717, 1.165) is 13.0 Å². The van der Waals surface area contributed by atoms with Gasteiger partial charge in [0.25, 0.3) is 0 Å². The standard InChI is InChI=1S/C14H20N4O/c1-3-11-4-6-12(7-5-11)9-18(2)10-13-16-14(8-15)19-17-13/h4-7H,3,8-10,15H2,1-2H3. The summed E-state index contributed by atoms with van der Waals surface area (Å²) in [6.07, 6.45) is 1.07. The molecule has 1 aromatic carbocycles. The molecule has 102 valence electrons. The van der Waals surface area contributed by atoms with Crippen LogP contribution in [0.4, 0.5) is 0 Å². The van der Waals surface area contributed by atoms with E-state index in [1.807, 2.05) is 7.05 Å². The van der Waals surface area contributed by atoms with Gasteiger partial charge < -0.3 is 10.3 Å². The molecular weight excluding hydrogens is 240 g/mol. The van der Waals surface area contributed by atoms with Crippen molar-refractivity contribution in [1.29, 1.82) is 0 Å². The van der Waals surface area contributed by atoms with Gasteiger partial charge in [0.1, 0.15) is 0 Å². The smallest absolute Gasteiger partial charge is 0.240 e. The lowest BCUT2D eigenvalue weighted by molar-refractivity contribution is 0.300. The number of hydrogen-bond acceptors (Lipinski definition) is 5. The molecule has 2 aromatic rings. The lowest BCUT2D eigenvalue weighted by Gasteiger charge is -2.14. The van der Waals surface area contributed by atoms with Crippen LogP contribution in [0.15, 0.2) is 28.8 Å². The lowest BCUT2D eigenvalue weighted by Crippen LogP contribution is -2.18. The summed E-state index contributed by atoms with van der Waals surface area (Å²) in [7, 11) is 2.03. The first-order chi connectivity index (χ1) is 9.21. The second-order valence-electron chi connectivity index (χ2n) is 4.65. The van der Waals surface area contributed by atoms with Crippen LogP contribution < -0.4 is 5.73 Å². The lowest BCUT2D eigenvalue weighted by atomic mass is 10.1. The molecule has 0 fully saturated rings. The van der Waals surface area contributed by atoms with Gasteiger partial charge in [0.15, 0.2) is 5.82 Å². The highest BCUT2D eigenvalue weighted by molar-refractivity contribution is 5.22. The fourth-order valence-electron chi connectivity index (χ4n) is 1.93. The van der Waals surface area contributed by atoms with Gasteiger partial charge in [-0.3, -0.25) is 4.90 Å². The minimum absolute atomic E-state index is 0.287. The van der Waals surface area contributed by atoms with Crippen molar-refractivity contribution < 1.29 is 4.52 Å². The van der Waals surface area contributed by atoms with Gasteiger partial charge in [-0.1, -0.05) is 36.3 Å². The summed E-state index contributed by atoms with van der Waals surface area (Å²) in [6.45, 7) is 3.96. The Balaban J connectivity index is 1.90. The Morgan fingerprint density at radius 3 is 2.42 bits per heavy atom. The number of nitrogens with two attached hydrogens (primary N) is 1. The molecule has 0 radical (unpaired) electrons. The highest BCUT2D eigenvalue weighted by atomic mass is 16.5. The first-order valence-corrected chi connectivity index (χ1v) is 6.49. The van der Waals surface area contributed by atoms with Gasteiger partial charge in [0, 0.05) is 6.54 Å². The predicted octanol–water partition coefficient (Wildman–Crippen LogP) is 1.72. The highest BCUT2D eigenvalue weighted by Crippen LogP contribution is 2.09. The van der Waals surface area contributed by atoms with Crippen molar-refractivity contribution in [2.24, 2.45) is 5.73 Å². The van der Waals surface area contributed by atoms with E-state index in [2.05, 4.69) is 46.2 Å². The van der Waals surface area contributed by atoms with E-state index in [4.69, 9.17) is 10.3 Å². The van der Waals surface area contributed by atoms with E-state index in [9.17, 15) is 0 Å². The Morgan fingerprint density at radius 1 is 1.16 bits per heavy atom. The van der Waals surface area contributed by atoms with Crippen LogP contribution in [0.5, 0.6) is 0 Å². The molecule has 0 spiro atoms. The third kappa shape index (κ3) is 3.87. The van der Waals surface area contributed by atoms with E-state index in [1.54, 1.807) is 0 Å². The molecule has 0 unspecified atom stereocenters. The van der Waals surface area contributed by atoms with E-state index < -0.39 is 0 Å². The number of hydrogen-bond donors (Lipinski definition) is 1. The van der Waals surface area contributed by atoms with E-state index in [0.29, 0.717) is 18.3 Å². The topological polar surface area (TPSA) is 68.2 Å². The van der Waals surface area contributed by atoms with Crippen LogP contribution in [0, 0.1) is 0 Å². The summed E-state index contributed by atoms with van der Waals surface area (Å²) in [5.41, 5.74) is 8.07. The van der Waals surface area contributed by atoms with Gasteiger partial charge in [0.05, 0.1) is 13.1 Å². The zero-order valence-electron chi connectivity index (χ0n) is 11.5. The highest BCUT2D eigenvalue weighted by Gasteiger charge is 2.08. The largest absolute Gasteiger partial charge is 0.338 e. The molecule has 0 saturated carbocycles. The van der Waals surface area contributed by atoms with Crippen LogP contribution in [0.2, 0.25) is 0 Å². The number of benzene rings is 1. The van der Waals surface area contributed by atoms with Crippen molar-refractivity contribution in [2.75, 3.05) is 7.05 Å². The monoisotopic (exact) mass is 260 g/mol. The summed E-state index contributed by atoms with van der Waals surface area (Å²) in [6, 6.07) is 8.67. The average Bonchev–Trinajstić information content (AvgIpc) is 2.87. The molecule has 0 aliphatic heterocycles. The molecule has 1 heterocycles. The van der Waals surface area contributed by atoms with Gasteiger partial charge in [0.2, 0.25) is 5.89 Å². The van der Waals surface area contributed by atoms with Crippen LogP contribution in [-0.4, -0.2) is 22.1 Å². The molecule has 0 amide bonds.